The number of piperazine rings is 1. The van der Waals surface area contributed by atoms with Crippen LogP contribution < -0.4 is 4.90 Å². The highest BCUT2D eigenvalue weighted by Crippen LogP contribution is 2.32. The lowest BCUT2D eigenvalue weighted by atomic mass is 10.0. The number of carbonyl (C=O) groups is 1. The van der Waals surface area contributed by atoms with E-state index in [0.717, 1.165) is 17.7 Å². The molecule has 2 aromatic rings. The lowest BCUT2D eigenvalue weighted by Gasteiger charge is -2.43. The Balaban J connectivity index is 1.64. The maximum absolute atomic E-state index is 13.2. The summed E-state index contributed by atoms with van der Waals surface area (Å²) in [5.74, 6) is -0.416. The number of anilines is 1. The summed E-state index contributed by atoms with van der Waals surface area (Å²) in [6, 6.07) is 13.2. The average Bonchev–Trinajstić information content (AvgIpc) is 2.99. The predicted octanol–water partition coefficient (Wildman–Crippen LogP) is 2.40. The van der Waals surface area contributed by atoms with E-state index in [2.05, 4.69) is 6.92 Å². The van der Waals surface area contributed by atoms with Crippen molar-refractivity contribution >= 4 is 21.4 Å². The topological polar surface area (TPSA) is 57.7 Å². The van der Waals surface area contributed by atoms with E-state index in [-0.39, 0.29) is 35.8 Å². The minimum absolute atomic E-state index is 0.0289. The lowest BCUT2D eigenvalue weighted by Crippen LogP contribution is -2.61. The monoisotopic (exact) mass is 402 g/mol. The molecule has 1 amide bonds. The van der Waals surface area contributed by atoms with Crippen LogP contribution in [0.5, 0.6) is 0 Å². The van der Waals surface area contributed by atoms with Crippen LogP contribution in [0, 0.1) is 5.82 Å². The van der Waals surface area contributed by atoms with Crippen molar-refractivity contribution in [1.29, 1.82) is 0 Å². The zero-order valence-electron chi connectivity index (χ0n) is 15.7. The Morgan fingerprint density at radius 1 is 0.964 bits per heavy atom. The fourth-order valence-corrected chi connectivity index (χ4v) is 6.16. The maximum atomic E-state index is 13.2. The molecule has 4 rings (SSSR count). The number of rotatable bonds is 4. The van der Waals surface area contributed by atoms with E-state index >= 15 is 0 Å². The normalized spacial score (nSPS) is 24.4. The van der Waals surface area contributed by atoms with E-state index in [1.54, 1.807) is 17.0 Å². The summed E-state index contributed by atoms with van der Waals surface area (Å²) in [5.41, 5.74) is 2.77. The molecule has 2 unspecified atom stereocenters. The molecule has 2 saturated heterocycles. The number of sulfone groups is 1. The molecule has 2 atom stereocenters. The van der Waals surface area contributed by atoms with Gasteiger partial charge in [-0.2, -0.15) is 0 Å². The van der Waals surface area contributed by atoms with Gasteiger partial charge in [-0.05, 0) is 41.8 Å². The number of fused-ring (bicyclic) bond motifs is 1. The van der Waals surface area contributed by atoms with Crippen LogP contribution in [-0.4, -0.2) is 49.4 Å². The molecule has 0 saturated carbocycles. The minimum atomic E-state index is -3.23. The Hall–Kier alpha value is -2.25. The second-order valence-electron chi connectivity index (χ2n) is 7.53. The average molecular weight is 402 g/mol. The van der Waals surface area contributed by atoms with Crippen molar-refractivity contribution in [2.24, 2.45) is 0 Å². The van der Waals surface area contributed by atoms with Gasteiger partial charge in [0.2, 0.25) is 5.91 Å². The van der Waals surface area contributed by atoms with Crippen LogP contribution in [-0.2, 0) is 27.6 Å². The minimum Gasteiger partial charge on any atom is -0.306 e. The molecule has 0 bridgehead atoms. The fourth-order valence-electron chi connectivity index (χ4n) is 4.18. The molecule has 28 heavy (non-hydrogen) atoms. The van der Waals surface area contributed by atoms with Gasteiger partial charge in [-0.15, -0.1) is 0 Å². The summed E-state index contributed by atoms with van der Waals surface area (Å²) < 4.78 is 38.0. The Bertz CT molecular complexity index is 974. The Kier molecular flexibility index (Phi) is 4.97. The Morgan fingerprint density at radius 3 is 2.21 bits per heavy atom. The Labute approximate surface area is 164 Å². The molecule has 2 aromatic carbocycles. The smallest absolute Gasteiger partial charge is 0.241 e. The van der Waals surface area contributed by atoms with E-state index in [1.807, 2.05) is 29.2 Å². The van der Waals surface area contributed by atoms with Gasteiger partial charge in [0.1, 0.15) is 5.82 Å². The van der Waals surface area contributed by atoms with Crippen molar-refractivity contribution in [3.63, 3.8) is 0 Å². The fraction of sp³-hybridized carbons (Fsp3) is 0.381. The van der Waals surface area contributed by atoms with Crippen molar-refractivity contribution in [1.82, 2.24) is 4.90 Å². The maximum Gasteiger partial charge on any atom is 0.241 e. The first-order valence-corrected chi connectivity index (χ1v) is 11.3. The zero-order valence-corrected chi connectivity index (χ0v) is 16.5. The van der Waals surface area contributed by atoms with Crippen molar-refractivity contribution in [2.45, 2.75) is 32.0 Å². The standard InChI is InChI=1S/C21H23FN2O3S/c1-2-15-5-9-18(10-6-15)24-20-14-28(26,27)13-19(20)23(12-21(24)25)11-16-3-7-17(22)8-4-16/h3-10,19-20H,2,11-14H2,1H3. The van der Waals surface area contributed by atoms with Crippen LogP contribution >= 0.6 is 0 Å². The third kappa shape index (κ3) is 3.69. The summed E-state index contributed by atoms with van der Waals surface area (Å²) >= 11 is 0. The quantitative estimate of drug-likeness (QED) is 0.788. The summed E-state index contributed by atoms with van der Waals surface area (Å²) in [6.45, 7) is 2.63. The number of halogens is 1. The number of hydrogen-bond donors (Lipinski definition) is 0. The highest BCUT2D eigenvalue weighted by molar-refractivity contribution is 7.91. The molecular weight excluding hydrogens is 379 g/mol. The second-order valence-corrected chi connectivity index (χ2v) is 9.68. The molecule has 2 aliphatic heterocycles. The number of carbonyl (C=O) groups excluding carboxylic acids is 1. The van der Waals surface area contributed by atoms with Gasteiger partial charge in [0.05, 0.1) is 24.1 Å². The zero-order chi connectivity index (χ0) is 19.9. The van der Waals surface area contributed by atoms with Gasteiger partial charge < -0.3 is 4.90 Å². The molecule has 0 spiro atoms. The number of hydrogen-bond acceptors (Lipinski definition) is 4. The first kappa shape index (κ1) is 19.1. The third-order valence-corrected chi connectivity index (χ3v) is 7.32. The number of benzene rings is 2. The molecule has 0 N–H and O–H groups in total. The van der Waals surface area contributed by atoms with Gasteiger partial charge in [0.15, 0.2) is 9.84 Å². The summed E-state index contributed by atoms with van der Waals surface area (Å²) in [4.78, 5) is 16.6. The summed E-state index contributed by atoms with van der Waals surface area (Å²) in [7, 11) is -3.23. The highest BCUT2D eigenvalue weighted by atomic mass is 32.2. The lowest BCUT2D eigenvalue weighted by molar-refractivity contribution is -0.123. The first-order chi connectivity index (χ1) is 13.4. The molecule has 2 aliphatic rings. The summed E-state index contributed by atoms with van der Waals surface area (Å²) in [6.07, 6.45) is 0.903. The van der Waals surface area contributed by atoms with Gasteiger partial charge in [-0.25, -0.2) is 12.8 Å². The van der Waals surface area contributed by atoms with E-state index in [0.29, 0.717) is 6.54 Å². The highest BCUT2D eigenvalue weighted by Gasteiger charge is 2.49. The van der Waals surface area contributed by atoms with Gasteiger partial charge in [0, 0.05) is 18.3 Å². The largest absolute Gasteiger partial charge is 0.306 e. The molecule has 0 aromatic heterocycles. The third-order valence-electron chi connectivity index (χ3n) is 5.62. The second kappa shape index (κ2) is 7.29. The van der Waals surface area contributed by atoms with E-state index in [1.165, 1.54) is 17.7 Å². The molecule has 0 radical (unpaired) electrons. The van der Waals surface area contributed by atoms with Crippen LogP contribution in [0.4, 0.5) is 10.1 Å². The van der Waals surface area contributed by atoms with Gasteiger partial charge in [-0.3, -0.25) is 9.69 Å². The predicted molar refractivity (Wildman–Crippen MR) is 106 cm³/mol. The molecule has 0 aliphatic carbocycles. The van der Waals surface area contributed by atoms with Gasteiger partial charge >= 0.3 is 0 Å². The van der Waals surface area contributed by atoms with E-state index in [9.17, 15) is 17.6 Å². The van der Waals surface area contributed by atoms with Crippen molar-refractivity contribution in [3.8, 4) is 0 Å². The van der Waals surface area contributed by atoms with E-state index < -0.39 is 15.9 Å². The van der Waals surface area contributed by atoms with Gasteiger partial charge in [-0.1, -0.05) is 31.2 Å². The number of nitrogens with zero attached hydrogens (tertiary/aromatic N) is 2. The van der Waals surface area contributed by atoms with Crippen LogP contribution in [0.15, 0.2) is 48.5 Å². The molecule has 148 valence electrons. The molecule has 2 heterocycles. The van der Waals surface area contributed by atoms with Crippen LogP contribution in [0.25, 0.3) is 0 Å². The van der Waals surface area contributed by atoms with Crippen molar-refractivity contribution in [3.05, 3.63) is 65.5 Å². The SMILES string of the molecule is CCc1ccc(N2C(=O)CN(Cc3ccc(F)cc3)C3CS(=O)(=O)CC32)cc1. The van der Waals surface area contributed by atoms with Crippen LogP contribution in [0.1, 0.15) is 18.1 Å². The molecule has 5 nitrogen and oxygen atoms in total. The van der Waals surface area contributed by atoms with E-state index in [4.69, 9.17) is 0 Å². The molecule has 7 heteroatoms. The number of aryl methyl sites for hydroxylation is 1. The number of amides is 1. The van der Waals surface area contributed by atoms with Crippen molar-refractivity contribution in [2.75, 3.05) is 23.0 Å². The van der Waals surface area contributed by atoms with Crippen LogP contribution in [0.3, 0.4) is 0 Å². The van der Waals surface area contributed by atoms with Crippen LogP contribution in [0.2, 0.25) is 0 Å². The van der Waals surface area contributed by atoms with Gasteiger partial charge in [0.25, 0.3) is 0 Å². The Morgan fingerprint density at radius 2 is 1.57 bits per heavy atom. The molecular formula is C21H23FN2O3S. The van der Waals surface area contributed by atoms with Crippen molar-refractivity contribution < 1.29 is 17.6 Å². The molecule has 2 fully saturated rings. The first-order valence-electron chi connectivity index (χ1n) is 9.46. The summed E-state index contributed by atoms with van der Waals surface area (Å²) in [5, 5.41) is 0.